The van der Waals surface area contributed by atoms with Gasteiger partial charge in [-0.2, -0.15) is 4.52 Å². The molecular formula is C44H24N2O3. The first kappa shape index (κ1) is 26.4. The number of hydrogen-bond acceptors (Lipinski definition) is 3. The van der Waals surface area contributed by atoms with E-state index in [4.69, 9.17) is 4.42 Å². The lowest BCUT2D eigenvalue weighted by atomic mass is 9.93. The van der Waals surface area contributed by atoms with Gasteiger partial charge in [0, 0.05) is 16.3 Å². The number of furan rings is 1. The molecule has 3 aromatic heterocycles. The Bertz CT molecular complexity index is 3330. The van der Waals surface area contributed by atoms with Crippen LogP contribution in [0, 0.1) is 0 Å². The van der Waals surface area contributed by atoms with E-state index in [0.29, 0.717) is 16.3 Å². The standard InChI is InChI=1S/C44H24N2O3/c47-43-34-16-5-6-20-38(34)45-39-21-9-17-27(41(39)44(48)46(43)45)25-10-7-11-26(22-25)28-18-8-19-33-37-23-35-31-14-3-1-12-29(31)30-13-2-4-15-32(30)36(35)24-40(37)49-42(28)33/h1-24H. The van der Waals surface area contributed by atoms with Crippen molar-refractivity contribution >= 4 is 76.1 Å². The van der Waals surface area contributed by atoms with Gasteiger partial charge in [-0.15, -0.1) is 0 Å². The van der Waals surface area contributed by atoms with Crippen LogP contribution in [-0.4, -0.2) is 9.03 Å². The fraction of sp³-hybridized carbons (Fsp3) is 0. The Hall–Kier alpha value is -6.72. The fourth-order valence-corrected chi connectivity index (χ4v) is 8.14. The van der Waals surface area contributed by atoms with Crippen molar-refractivity contribution < 1.29 is 4.42 Å². The lowest BCUT2D eigenvalue weighted by molar-refractivity contribution is 0.670. The van der Waals surface area contributed by atoms with E-state index in [0.717, 1.165) is 49.7 Å². The molecule has 11 rings (SSSR count). The molecule has 8 aromatic carbocycles. The minimum atomic E-state index is -0.316. The Morgan fingerprint density at radius 1 is 0.388 bits per heavy atom. The molecule has 0 amide bonds. The Kier molecular flexibility index (Phi) is 5.07. The maximum Gasteiger partial charge on any atom is 0.283 e. The summed E-state index contributed by atoms with van der Waals surface area (Å²) in [5.74, 6) is 0. The summed E-state index contributed by atoms with van der Waals surface area (Å²) in [7, 11) is 0. The zero-order valence-corrected chi connectivity index (χ0v) is 26.0. The zero-order valence-electron chi connectivity index (χ0n) is 26.0. The summed E-state index contributed by atoms with van der Waals surface area (Å²) in [5.41, 5.74) is 6.10. The fourth-order valence-electron chi connectivity index (χ4n) is 8.14. The molecule has 0 N–H and O–H groups in total. The topological polar surface area (TPSA) is 56.1 Å². The molecule has 0 radical (unpaired) electrons. The zero-order chi connectivity index (χ0) is 32.4. The molecule has 11 aromatic rings. The van der Waals surface area contributed by atoms with E-state index in [1.165, 1.54) is 36.8 Å². The number of aromatic nitrogens is 2. The number of fused-ring (bicyclic) bond motifs is 14. The first-order valence-corrected chi connectivity index (χ1v) is 16.4. The molecule has 3 heterocycles. The van der Waals surface area contributed by atoms with Crippen molar-refractivity contribution in [3.05, 3.63) is 166 Å². The van der Waals surface area contributed by atoms with Gasteiger partial charge in [-0.25, -0.2) is 4.52 Å². The highest BCUT2D eigenvalue weighted by Crippen LogP contribution is 2.42. The molecule has 0 bridgehead atoms. The third-order valence-electron chi connectivity index (χ3n) is 10.3. The van der Waals surface area contributed by atoms with Gasteiger partial charge in [0.15, 0.2) is 0 Å². The third-order valence-corrected chi connectivity index (χ3v) is 10.3. The lowest BCUT2D eigenvalue weighted by Crippen LogP contribution is -2.21. The molecule has 0 spiro atoms. The van der Waals surface area contributed by atoms with E-state index < -0.39 is 0 Å². The van der Waals surface area contributed by atoms with Gasteiger partial charge < -0.3 is 4.42 Å². The Balaban J connectivity index is 1.14. The van der Waals surface area contributed by atoms with Crippen molar-refractivity contribution in [1.29, 1.82) is 0 Å². The van der Waals surface area contributed by atoms with Gasteiger partial charge in [0.1, 0.15) is 11.2 Å². The first-order valence-electron chi connectivity index (χ1n) is 16.4. The molecule has 0 saturated carbocycles. The highest BCUT2D eigenvalue weighted by molar-refractivity contribution is 6.28. The van der Waals surface area contributed by atoms with Gasteiger partial charge in [-0.1, -0.05) is 109 Å². The summed E-state index contributed by atoms with van der Waals surface area (Å²) in [6.45, 7) is 0. The second-order valence-electron chi connectivity index (χ2n) is 12.8. The minimum Gasteiger partial charge on any atom is -0.455 e. The van der Waals surface area contributed by atoms with E-state index in [9.17, 15) is 9.59 Å². The summed E-state index contributed by atoms with van der Waals surface area (Å²) >= 11 is 0. The summed E-state index contributed by atoms with van der Waals surface area (Å²) < 4.78 is 9.74. The average molecular weight is 629 g/mol. The van der Waals surface area contributed by atoms with Crippen molar-refractivity contribution in [3.63, 3.8) is 0 Å². The van der Waals surface area contributed by atoms with Gasteiger partial charge >= 0.3 is 0 Å². The van der Waals surface area contributed by atoms with Crippen molar-refractivity contribution in [2.45, 2.75) is 0 Å². The normalized spacial score (nSPS) is 12.2. The highest BCUT2D eigenvalue weighted by Gasteiger charge is 2.21. The summed E-state index contributed by atoms with van der Waals surface area (Å²) in [5, 5.41) is 10.5. The van der Waals surface area contributed by atoms with E-state index in [1.54, 1.807) is 10.6 Å². The second-order valence-corrected chi connectivity index (χ2v) is 12.8. The van der Waals surface area contributed by atoms with Crippen LogP contribution in [0.1, 0.15) is 0 Å². The van der Waals surface area contributed by atoms with E-state index in [-0.39, 0.29) is 11.1 Å². The number of para-hydroxylation sites is 2. The van der Waals surface area contributed by atoms with E-state index >= 15 is 0 Å². The summed E-state index contributed by atoms with van der Waals surface area (Å²) in [6, 6.07) is 49.3. The van der Waals surface area contributed by atoms with Crippen LogP contribution in [0.25, 0.3) is 98.3 Å². The number of rotatable bonds is 2. The Labute approximate surface area is 277 Å². The van der Waals surface area contributed by atoms with Gasteiger partial charge in [0.05, 0.1) is 21.8 Å². The van der Waals surface area contributed by atoms with Crippen LogP contribution < -0.4 is 11.1 Å². The molecule has 49 heavy (non-hydrogen) atoms. The van der Waals surface area contributed by atoms with Crippen LogP contribution in [0.4, 0.5) is 0 Å². The maximum absolute atomic E-state index is 13.9. The Morgan fingerprint density at radius 3 is 1.69 bits per heavy atom. The summed E-state index contributed by atoms with van der Waals surface area (Å²) in [6.07, 6.45) is 0. The summed E-state index contributed by atoms with van der Waals surface area (Å²) in [4.78, 5) is 27.2. The van der Waals surface area contributed by atoms with Crippen molar-refractivity contribution in [2.24, 2.45) is 0 Å². The van der Waals surface area contributed by atoms with Crippen molar-refractivity contribution in [1.82, 2.24) is 9.03 Å². The quantitative estimate of drug-likeness (QED) is 0.179. The molecule has 0 fully saturated rings. The highest BCUT2D eigenvalue weighted by atomic mass is 16.3. The van der Waals surface area contributed by atoms with Crippen LogP contribution >= 0.6 is 0 Å². The molecule has 0 unspecified atom stereocenters. The monoisotopic (exact) mass is 628 g/mol. The number of benzene rings is 8. The van der Waals surface area contributed by atoms with Crippen LogP contribution in [0.2, 0.25) is 0 Å². The third kappa shape index (κ3) is 3.43. The number of hydrogen-bond donors (Lipinski definition) is 0. The predicted molar refractivity (Wildman–Crippen MR) is 200 cm³/mol. The van der Waals surface area contributed by atoms with E-state index in [1.807, 2.05) is 48.5 Å². The minimum absolute atomic E-state index is 0.304. The SMILES string of the molecule is O=c1c2ccccc2n2c3cccc(-c4cccc(-c5cccc6c5oc5cc7c8ccccc8c8ccccc8c7cc56)c4)c3c(=O)n12. The van der Waals surface area contributed by atoms with E-state index in [2.05, 4.69) is 91.0 Å². The maximum atomic E-state index is 13.9. The van der Waals surface area contributed by atoms with Gasteiger partial charge in [-0.3, -0.25) is 9.59 Å². The predicted octanol–water partition coefficient (Wildman–Crippen LogP) is 10.2. The molecule has 228 valence electrons. The number of nitrogens with zero attached hydrogens (tertiary/aromatic N) is 2. The molecule has 0 saturated heterocycles. The van der Waals surface area contributed by atoms with Crippen molar-refractivity contribution in [2.75, 3.05) is 0 Å². The van der Waals surface area contributed by atoms with Crippen LogP contribution in [-0.2, 0) is 0 Å². The second kappa shape index (κ2) is 9.43. The molecule has 0 atom stereocenters. The largest absolute Gasteiger partial charge is 0.455 e. The lowest BCUT2D eigenvalue weighted by Gasteiger charge is -2.10. The Morgan fingerprint density at radius 2 is 0.939 bits per heavy atom. The van der Waals surface area contributed by atoms with Gasteiger partial charge in [0.2, 0.25) is 0 Å². The molecule has 0 aliphatic carbocycles. The molecule has 5 heteroatoms. The average Bonchev–Trinajstić information content (AvgIpc) is 3.78. The van der Waals surface area contributed by atoms with Crippen molar-refractivity contribution in [3.8, 4) is 22.3 Å². The molecule has 5 nitrogen and oxygen atoms in total. The molecular weight excluding hydrogens is 604 g/mol. The van der Waals surface area contributed by atoms with Crippen LogP contribution in [0.3, 0.4) is 0 Å². The van der Waals surface area contributed by atoms with Crippen LogP contribution in [0.15, 0.2) is 160 Å². The molecule has 0 aliphatic heterocycles. The molecule has 0 aliphatic rings. The smallest absolute Gasteiger partial charge is 0.283 e. The van der Waals surface area contributed by atoms with Gasteiger partial charge in [0.25, 0.3) is 11.1 Å². The van der Waals surface area contributed by atoms with Gasteiger partial charge in [-0.05, 0) is 85.4 Å². The first-order chi connectivity index (χ1) is 24.2. The van der Waals surface area contributed by atoms with Crippen LogP contribution in [0.5, 0.6) is 0 Å².